The van der Waals surface area contributed by atoms with Gasteiger partial charge in [0.15, 0.2) is 5.65 Å². The summed E-state index contributed by atoms with van der Waals surface area (Å²) in [6, 6.07) is 3.30. The summed E-state index contributed by atoms with van der Waals surface area (Å²) in [7, 11) is 0. The Morgan fingerprint density at radius 1 is 1.55 bits per heavy atom. The van der Waals surface area contributed by atoms with Gasteiger partial charge in [-0.2, -0.15) is 10.1 Å². The molecule has 0 aromatic carbocycles. The van der Waals surface area contributed by atoms with Crippen LogP contribution in [0.5, 0.6) is 5.88 Å². The molecule has 0 saturated carbocycles. The Morgan fingerprint density at radius 2 is 2.36 bits per heavy atom. The number of hydrogen-bond donors (Lipinski definition) is 1. The third-order valence-electron chi connectivity index (χ3n) is 1.43. The van der Waals surface area contributed by atoms with Crippen molar-refractivity contribution in [2.45, 2.75) is 6.92 Å². The molecule has 0 aliphatic rings. The molecule has 0 atom stereocenters. The second-order valence-electron chi connectivity index (χ2n) is 2.37. The maximum absolute atomic E-state index is 8.99. The summed E-state index contributed by atoms with van der Waals surface area (Å²) < 4.78 is 1.62. The van der Waals surface area contributed by atoms with E-state index in [9.17, 15) is 0 Å². The van der Waals surface area contributed by atoms with Gasteiger partial charge in [0, 0.05) is 18.3 Å². The average molecular weight is 149 g/mol. The van der Waals surface area contributed by atoms with Crippen molar-refractivity contribution in [1.29, 1.82) is 0 Å². The van der Waals surface area contributed by atoms with Crippen molar-refractivity contribution in [2.24, 2.45) is 0 Å². The first-order valence-electron chi connectivity index (χ1n) is 3.28. The van der Waals surface area contributed by atoms with Crippen LogP contribution in [-0.2, 0) is 0 Å². The first kappa shape index (κ1) is 6.15. The van der Waals surface area contributed by atoms with E-state index in [1.165, 1.54) is 6.07 Å². The lowest BCUT2D eigenvalue weighted by atomic mass is 10.5. The van der Waals surface area contributed by atoms with Crippen LogP contribution < -0.4 is 0 Å². The Labute approximate surface area is 63.1 Å². The number of nitrogens with zero attached hydrogens (tertiary/aromatic N) is 3. The average Bonchev–Trinajstić information content (AvgIpc) is 2.27. The minimum Gasteiger partial charge on any atom is -0.493 e. The van der Waals surface area contributed by atoms with Crippen LogP contribution in [0.3, 0.4) is 0 Å². The lowest BCUT2D eigenvalue weighted by molar-refractivity contribution is 0.453. The molecule has 0 saturated heterocycles. The third-order valence-corrected chi connectivity index (χ3v) is 1.43. The van der Waals surface area contributed by atoms with E-state index in [2.05, 4.69) is 10.1 Å². The monoisotopic (exact) mass is 149 g/mol. The van der Waals surface area contributed by atoms with Gasteiger partial charge in [0.25, 0.3) is 0 Å². The van der Waals surface area contributed by atoms with Gasteiger partial charge >= 0.3 is 0 Å². The minimum atomic E-state index is 0.0254. The Balaban J connectivity index is 2.82. The fraction of sp³-hybridized carbons (Fsp3) is 0.143. The van der Waals surface area contributed by atoms with E-state index >= 15 is 0 Å². The molecule has 4 nitrogen and oxygen atoms in total. The van der Waals surface area contributed by atoms with Gasteiger partial charge in [-0.15, -0.1) is 0 Å². The largest absolute Gasteiger partial charge is 0.493 e. The van der Waals surface area contributed by atoms with Crippen LogP contribution in [0.15, 0.2) is 18.3 Å². The van der Waals surface area contributed by atoms with Crippen LogP contribution in [0, 0.1) is 6.92 Å². The Kier molecular flexibility index (Phi) is 1.09. The van der Waals surface area contributed by atoms with Gasteiger partial charge in [0.05, 0.1) is 5.69 Å². The molecule has 0 fully saturated rings. The number of aryl methyl sites for hydroxylation is 1. The van der Waals surface area contributed by atoms with Crippen molar-refractivity contribution < 1.29 is 5.11 Å². The predicted molar refractivity (Wildman–Crippen MR) is 39.4 cm³/mol. The molecule has 2 aromatic heterocycles. The summed E-state index contributed by atoms with van der Waals surface area (Å²) in [5.41, 5.74) is 1.56. The SMILES string of the molecule is Cc1cc2nc(O)ccn2n1. The van der Waals surface area contributed by atoms with E-state index in [-0.39, 0.29) is 5.88 Å². The number of rotatable bonds is 0. The van der Waals surface area contributed by atoms with Crippen LogP contribution in [0.1, 0.15) is 5.69 Å². The number of hydrogen-bond acceptors (Lipinski definition) is 3. The molecule has 56 valence electrons. The van der Waals surface area contributed by atoms with Gasteiger partial charge in [-0.1, -0.05) is 0 Å². The van der Waals surface area contributed by atoms with E-state index in [1.807, 2.05) is 6.92 Å². The van der Waals surface area contributed by atoms with E-state index in [0.717, 1.165) is 5.69 Å². The Morgan fingerprint density at radius 3 is 3.18 bits per heavy atom. The minimum absolute atomic E-state index is 0.0254. The maximum atomic E-state index is 8.99. The molecule has 0 aliphatic carbocycles. The molecule has 0 aliphatic heterocycles. The molecule has 2 aromatic rings. The fourth-order valence-corrected chi connectivity index (χ4v) is 0.988. The predicted octanol–water partition coefficient (Wildman–Crippen LogP) is 0.743. The second kappa shape index (κ2) is 1.95. The van der Waals surface area contributed by atoms with Crippen LogP contribution in [0.25, 0.3) is 5.65 Å². The van der Waals surface area contributed by atoms with Crippen molar-refractivity contribution in [2.75, 3.05) is 0 Å². The van der Waals surface area contributed by atoms with Gasteiger partial charge in [0.2, 0.25) is 5.88 Å². The van der Waals surface area contributed by atoms with Crippen LogP contribution in [0.2, 0.25) is 0 Å². The smallest absolute Gasteiger partial charge is 0.214 e. The Hall–Kier alpha value is -1.58. The van der Waals surface area contributed by atoms with Crippen LogP contribution in [-0.4, -0.2) is 19.7 Å². The molecule has 4 heteroatoms. The number of fused-ring (bicyclic) bond motifs is 1. The van der Waals surface area contributed by atoms with Crippen molar-refractivity contribution >= 4 is 5.65 Å². The number of aromatic nitrogens is 3. The molecule has 0 bridgehead atoms. The quantitative estimate of drug-likeness (QED) is 0.601. The van der Waals surface area contributed by atoms with Gasteiger partial charge in [-0.05, 0) is 6.92 Å². The van der Waals surface area contributed by atoms with Crippen molar-refractivity contribution in [3.05, 3.63) is 24.0 Å². The van der Waals surface area contributed by atoms with E-state index in [1.54, 1.807) is 16.8 Å². The second-order valence-corrected chi connectivity index (χ2v) is 2.37. The molecule has 0 radical (unpaired) electrons. The molecule has 2 heterocycles. The molecule has 0 unspecified atom stereocenters. The standard InChI is InChI=1S/C7H7N3O/c1-5-4-6-8-7(11)2-3-10(6)9-5/h2-4H,1H3,(H,8,11). The third kappa shape index (κ3) is 0.920. The van der Waals surface area contributed by atoms with Gasteiger partial charge < -0.3 is 5.11 Å². The molecular formula is C7H7N3O. The molecule has 11 heavy (non-hydrogen) atoms. The summed E-state index contributed by atoms with van der Waals surface area (Å²) >= 11 is 0. The molecule has 0 spiro atoms. The van der Waals surface area contributed by atoms with E-state index in [4.69, 9.17) is 5.11 Å². The maximum Gasteiger partial charge on any atom is 0.214 e. The summed E-state index contributed by atoms with van der Waals surface area (Å²) in [6.07, 6.45) is 1.67. The topological polar surface area (TPSA) is 50.4 Å². The highest BCUT2D eigenvalue weighted by Gasteiger charge is 1.97. The van der Waals surface area contributed by atoms with Gasteiger partial charge in [-0.25, -0.2) is 4.52 Å². The van der Waals surface area contributed by atoms with Crippen molar-refractivity contribution in [3.8, 4) is 5.88 Å². The lowest BCUT2D eigenvalue weighted by Gasteiger charge is -1.90. The highest BCUT2D eigenvalue weighted by atomic mass is 16.3. The van der Waals surface area contributed by atoms with E-state index < -0.39 is 0 Å². The first-order chi connectivity index (χ1) is 5.25. The molecule has 0 amide bonds. The van der Waals surface area contributed by atoms with Gasteiger partial charge in [-0.3, -0.25) is 0 Å². The summed E-state index contributed by atoms with van der Waals surface area (Å²) in [5, 5.41) is 13.1. The molecule has 1 N–H and O–H groups in total. The zero-order chi connectivity index (χ0) is 7.84. The zero-order valence-electron chi connectivity index (χ0n) is 6.02. The molecule has 2 rings (SSSR count). The van der Waals surface area contributed by atoms with E-state index in [0.29, 0.717) is 5.65 Å². The van der Waals surface area contributed by atoms with Crippen molar-refractivity contribution in [3.63, 3.8) is 0 Å². The summed E-state index contributed by atoms with van der Waals surface area (Å²) in [6.45, 7) is 1.88. The number of aromatic hydroxyl groups is 1. The lowest BCUT2D eigenvalue weighted by Crippen LogP contribution is -1.87. The highest BCUT2D eigenvalue weighted by Crippen LogP contribution is 2.07. The zero-order valence-corrected chi connectivity index (χ0v) is 6.02. The van der Waals surface area contributed by atoms with Crippen LogP contribution >= 0.6 is 0 Å². The highest BCUT2D eigenvalue weighted by molar-refractivity contribution is 5.40. The summed E-state index contributed by atoms with van der Waals surface area (Å²) in [5.74, 6) is 0.0254. The Bertz CT molecular complexity index is 393. The normalized spacial score (nSPS) is 10.6. The molecular weight excluding hydrogens is 142 g/mol. The van der Waals surface area contributed by atoms with Crippen LogP contribution in [0.4, 0.5) is 0 Å². The van der Waals surface area contributed by atoms with Crippen molar-refractivity contribution in [1.82, 2.24) is 14.6 Å². The first-order valence-corrected chi connectivity index (χ1v) is 3.28. The fourth-order valence-electron chi connectivity index (χ4n) is 0.988. The van der Waals surface area contributed by atoms with Gasteiger partial charge in [0.1, 0.15) is 0 Å². The summed E-state index contributed by atoms with van der Waals surface area (Å²) in [4.78, 5) is 3.85.